The van der Waals surface area contributed by atoms with E-state index in [9.17, 15) is 19.2 Å². The number of ether oxygens (including phenoxy) is 2. The number of alkyl halides is 1. The zero-order chi connectivity index (χ0) is 20.4. The number of cyclic esters (lactones) is 4. The van der Waals surface area contributed by atoms with Gasteiger partial charge in [-0.2, -0.15) is 0 Å². The second-order valence-electron chi connectivity index (χ2n) is 7.65. The Balaban J connectivity index is 2.07. The van der Waals surface area contributed by atoms with Crippen LogP contribution in [-0.4, -0.2) is 29.3 Å². The topological polar surface area (TPSA) is 86.7 Å². The highest BCUT2D eigenvalue weighted by Crippen LogP contribution is 2.45. The van der Waals surface area contributed by atoms with Crippen LogP contribution in [0.25, 0.3) is 0 Å². The summed E-state index contributed by atoms with van der Waals surface area (Å²) in [6.45, 7) is 4.06. The smallest absolute Gasteiger partial charge is 0.342 e. The van der Waals surface area contributed by atoms with Gasteiger partial charge in [-0.25, -0.2) is 19.2 Å². The molecule has 0 spiro atoms. The van der Waals surface area contributed by atoms with Crippen LogP contribution in [0.2, 0.25) is 0 Å². The van der Waals surface area contributed by atoms with Gasteiger partial charge in [0.1, 0.15) is 0 Å². The van der Waals surface area contributed by atoms with Crippen molar-refractivity contribution >= 4 is 35.5 Å². The first-order chi connectivity index (χ1) is 13.4. The molecule has 0 aromatic carbocycles. The van der Waals surface area contributed by atoms with Gasteiger partial charge in [0.15, 0.2) is 0 Å². The van der Waals surface area contributed by atoms with Crippen LogP contribution in [0.15, 0.2) is 22.3 Å². The fraction of sp³-hybridized carbons (Fsp3) is 0.619. The van der Waals surface area contributed by atoms with Crippen LogP contribution in [0.4, 0.5) is 0 Å². The minimum Gasteiger partial charge on any atom is -0.386 e. The fourth-order valence-corrected chi connectivity index (χ4v) is 4.69. The first-order valence-corrected chi connectivity index (χ1v) is 10.5. The van der Waals surface area contributed by atoms with Gasteiger partial charge in [0.2, 0.25) is 0 Å². The van der Waals surface area contributed by atoms with Gasteiger partial charge in [-0.3, -0.25) is 0 Å². The van der Waals surface area contributed by atoms with E-state index in [2.05, 4.69) is 0 Å². The van der Waals surface area contributed by atoms with E-state index in [1.807, 2.05) is 13.8 Å². The summed E-state index contributed by atoms with van der Waals surface area (Å²) in [5.41, 5.74) is 1.23. The van der Waals surface area contributed by atoms with Crippen molar-refractivity contribution in [3.8, 4) is 0 Å². The van der Waals surface area contributed by atoms with Crippen LogP contribution in [0.3, 0.4) is 0 Å². The highest BCUT2D eigenvalue weighted by Gasteiger charge is 2.47. The second kappa shape index (κ2) is 8.60. The Hall–Kier alpha value is -1.95. The van der Waals surface area contributed by atoms with Gasteiger partial charge in [-0.1, -0.05) is 39.5 Å². The monoisotopic (exact) mass is 408 g/mol. The van der Waals surface area contributed by atoms with Gasteiger partial charge in [0, 0.05) is 22.4 Å². The summed E-state index contributed by atoms with van der Waals surface area (Å²) in [5, 5.41) is -0.451. The summed E-state index contributed by atoms with van der Waals surface area (Å²) in [7, 11) is 0. The maximum atomic E-state index is 12.5. The van der Waals surface area contributed by atoms with E-state index in [0.29, 0.717) is 29.6 Å². The van der Waals surface area contributed by atoms with Crippen LogP contribution >= 0.6 is 11.6 Å². The molecule has 0 bridgehead atoms. The Morgan fingerprint density at radius 1 is 0.857 bits per heavy atom. The van der Waals surface area contributed by atoms with Crippen molar-refractivity contribution < 1.29 is 28.7 Å². The number of hydrogen-bond donors (Lipinski definition) is 0. The molecule has 7 heteroatoms. The molecule has 3 rings (SSSR count). The lowest BCUT2D eigenvalue weighted by Crippen LogP contribution is -2.26. The first kappa shape index (κ1) is 20.8. The number of carbonyl (C=O) groups is 4. The molecule has 3 unspecified atom stereocenters. The molecule has 0 radical (unpaired) electrons. The molecule has 0 aromatic heterocycles. The molecule has 2 heterocycles. The number of hydrogen-bond acceptors (Lipinski definition) is 6. The molecule has 152 valence electrons. The number of halogens is 1. The average Bonchev–Trinajstić information content (AvgIpc) is 3.06. The van der Waals surface area contributed by atoms with Gasteiger partial charge >= 0.3 is 23.9 Å². The minimum absolute atomic E-state index is 0.113. The molecule has 0 saturated heterocycles. The molecule has 0 aromatic rings. The summed E-state index contributed by atoms with van der Waals surface area (Å²) >= 11 is 6.63. The van der Waals surface area contributed by atoms with Crippen molar-refractivity contribution in [2.75, 3.05) is 0 Å². The highest BCUT2D eigenvalue weighted by atomic mass is 35.5. The molecule has 0 amide bonds. The first-order valence-electron chi connectivity index (χ1n) is 10.0. The van der Waals surface area contributed by atoms with Crippen LogP contribution in [0, 0.1) is 11.8 Å². The van der Waals surface area contributed by atoms with E-state index in [4.69, 9.17) is 21.1 Å². The number of esters is 4. The molecule has 3 aliphatic rings. The molecule has 6 nitrogen and oxygen atoms in total. The van der Waals surface area contributed by atoms with Crippen molar-refractivity contribution in [2.24, 2.45) is 11.8 Å². The maximum Gasteiger partial charge on any atom is 0.342 e. The van der Waals surface area contributed by atoms with E-state index in [1.165, 1.54) is 0 Å². The van der Waals surface area contributed by atoms with Crippen LogP contribution in [-0.2, 0) is 28.7 Å². The van der Waals surface area contributed by atoms with Crippen molar-refractivity contribution in [1.82, 2.24) is 0 Å². The summed E-state index contributed by atoms with van der Waals surface area (Å²) in [4.78, 5) is 49.6. The maximum absolute atomic E-state index is 12.5. The van der Waals surface area contributed by atoms with E-state index in [1.54, 1.807) is 0 Å². The summed E-state index contributed by atoms with van der Waals surface area (Å²) in [6.07, 6.45) is 5.07. The van der Waals surface area contributed by atoms with Crippen molar-refractivity contribution in [1.29, 1.82) is 0 Å². The van der Waals surface area contributed by atoms with Crippen molar-refractivity contribution in [3.05, 3.63) is 22.3 Å². The SMILES string of the molecule is CCCCC1CC2=C(C(=O)OC2=O)C(C(Cl)CCCC)CC2=C1C(=O)OC2=O. The van der Waals surface area contributed by atoms with Crippen LogP contribution in [0.1, 0.15) is 65.2 Å². The van der Waals surface area contributed by atoms with Gasteiger partial charge < -0.3 is 9.47 Å². The Morgan fingerprint density at radius 3 is 2.04 bits per heavy atom. The molecule has 2 aliphatic heterocycles. The lowest BCUT2D eigenvalue weighted by atomic mass is 9.76. The van der Waals surface area contributed by atoms with Gasteiger partial charge in [-0.15, -0.1) is 11.6 Å². The number of unbranched alkanes of at least 4 members (excludes halogenated alkanes) is 2. The minimum atomic E-state index is -0.678. The second-order valence-corrected chi connectivity index (χ2v) is 8.21. The van der Waals surface area contributed by atoms with E-state index < -0.39 is 35.2 Å². The van der Waals surface area contributed by atoms with E-state index in [0.717, 1.165) is 25.7 Å². The van der Waals surface area contributed by atoms with Crippen molar-refractivity contribution in [3.63, 3.8) is 0 Å². The summed E-state index contributed by atoms with van der Waals surface area (Å²) < 4.78 is 9.80. The third-order valence-corrected chi connectivity index (χ3v) is 6.31. The van der Waals surface area contributed by atoms with Gasteiger partial charge in [-0.05, 0) is 31.6 Å². The third-order valence-electron chi connectivity index (χ3n) is 5.78. The van der Waals surface area contributed by atoms with E-state index in [-0.39, 0.29) is 24.3 Å². The molecule has 0 N–H and O–H groups in total. The normalized spacial score (nSPS) is 26.0. The van der Waals surface area contributed by atoms with Crippen molar-refractivity contribution in [2.45, 2.75) is 70.6 Å². The van der Waals surface area contributed by atoms with Gasteiger partial charge in [0.25, 0.3) is 0 Å². The Labute approximate surface area is 169 Å². The number of rotatable bonds is 7. The Morgan fingerprint density at radius 2 is 1.43 bits per heavy atom. The Bertz CT molecular complexity index is 778. The molecular weight excluding hydrogens is 384 g/mol. The third kappa shape index (κ3) is 3.79. The molecule has 0 saturated carbocycles. The largest absolute Gasteiger partial charge is 0.386 e. The molecular formula is C21H25ClO6. The van der Waals surface area contributed by atoms with Crippen LogP contribution in [0.5, 0.6) is 0 Å². The predicted molar refractivity (Wildman–Crippen MR) is 101 cm³/mol. The fourth-order valence-electron chi connectivity index (χ4n) is 4.32. The Kier molecular flexibility index (Phi) is 6.38. The summed E-state index contributed by atoms with van der Waals surface area (Å²) in [5.74, 6) is -3.54. The summed E-state index contributed by atoms with van der Waals surface area (Å²) in [6, 6.07) is 0. The molecule has 28 heavy (non-hydrogen) atoms. The molecule has 0 fully saturated rings. The van der Waals surface area contributed by atoms with Crippen LogP contribution < -0.4 is 0 Å². The lowest BCUT2D eigenvalue weighted by Gasteiger charge is -2.26. The number of carbonyl (C=O) groups excluding carboxylic acids is 4. The predicted octanol–water partition coefficient (Wildman–Crippen LogP) is 3.76. The van der Waals surface area contributed by atoms with Gasteiger partial charge in [0.05, 0.1) is 11.1 Å². The zero-order valence-corrected chi connectivity index (χ0v) is 17.0. The molecule has 1 aliphatic carbocycles. The lowest BCUT2D eigenvalue weighted by molar-refractivity contribution is -0.153. The van der Waals surface area contributed by atoms with E-state index >= 15 is 0 Å². The highest BCUT2D eigenvalue weighted by molar-refractivity contribution is 6.22. The quantitative estimate of drug-likeness (QED) is 0.362. The molecule has 3 atom stereocenters. The zero-order valence-electron chi connectivity index (χ0n) is 16.2. The standard InChI is InChI=1S/C21H25ClO6/c1-3-5-7-11-9-13-17(21(26)28-18(13)23)12(15(22)8-6-4-2)10-14-16(11)20(25)27-19(14)24/h11-12,15H,3-10H2,1-2H3. The average molecular weight is 409 g/mol.